The molecule has 1 fully saturated rings. The van der Waals surface area contributed by atoms with Gasteiger partial charge in [0.15, 0.2) is 0 Å². The van der Waals surface area contributed by atoms with Gasteiger partial charge in [-0.1, -0.05) is 24.3 Å². The van der Waals surface area contributed by atoms with E-state index in [0.717, 1.165) is 17.0 Å². The lowest BCUT2D eigenvalue weighted by atomic mass is 10.0. The molecular formula is C24H24N4O4. The summed E-state index contributed by atoms with van der Waals surface area (Å²) in [7, 11) is 3.93. The molecule has 1 saturated heterocycles. The van der Waals surface area contributed by atoms with E-state index >= 15 is 0 Å². The van der Waals surface area contributed by atoms with Gasteiger partial charge in [0.25, 0.3) is 11.8 Å². The number of hydrogen-bond donors (Lipinski definition) is 2. The molecule has 1 aliphatic carbocycles. The van der Waals surface area contributed by atoms with Crippen LogP contribution in [-0.2, 0) is 16.0 Å². The standard InChI is InChI=1S/C24H24N4O4/c1-25-21-15-6-4-3-5-13(15)11-19(21)27(2)14-7-8-16-17(12-14)24(32)28(23(16)31)18-9-10-20(29)26-22(18)30/h3-8,12,18-19,21,25H,9-11H2,1-2H3,(H,26,29,30)/t18?,19-,21+/m0/s1. The van der Waals surface area contributed by atoms with Gasteiger partial charge in [-0.3, -0.25) is 29.4 Å². The Kier molecular flexibility index (Phi) is 4.82. The number of likely N-dealkylation sites (N-methyl/N-ethyl adjacent to an activating group) is 2. The summed E-state index contributed by atoms with van der Waals surface area (Å²) in [5, 5.41) is 5.63. The minimum Gasteiger partial charge on any atom is -0.369 e. The van der Waals surface area contributed by atoms with Crippen molar-refractivity contribution in [3.05, 3.63) is 64.7 Å². The maximum Gasteiger partial charge on any atom is 0.262 e. The van der Waals surface area contributed by atoms with Crippen molar-refractivity contribution in [2.45, 2.75) is 37.4 Å². The van der Waals surface area contributed by atoms with Crippen molar-refractivity contribution in [1.29, 1.82) is 0 Å². The molecule has 0 saturated carbocycles. The normalized spacial score (nSPS) is 24.4. The Hall–Kier alpha value is -3.52. The van der Waals surface area contributed by atoms with Crippen molar-refractivity contribution < 1.29 is 19.2 Å². The average molecular weight is 432 g/mol. The van der Waals surface area contributed by atoms with E-state index < -0.39 is 23.8 Å². The van der Waals surface area contributed by atoms with Gasteiger partial charge < -0.3 is 10.2 Å². The van der Waals surface area contributed by atoms with Crippen LogP contribution >= 0.6 is 0 Å². The zero-order valence-corrected chi connectivity index (χ0v) is 17.9. The maximum atomic E-state index is 13.1. The number of carbonyl (C=O) groups excluding carboxylic acids is 4. The fraction of sp³-hybridized carbons (Fsp3) is 0.333. The molecule has 2 aliphatic heterocycles. The van der Waals surface area contributed by atoms with E-state index in [0.29, 0.717) is 5.56 Å². The highest BCUT2D eigenvalue weighted by Gasteiger charge is 2.45. The second kappa shape index (κ2) is 7.56. The van der Waals surface area contributed by atoms with E-state index in [4.69, 9.17) is 0 Å². The SMILES string of the molecule is CN[C@@H]1c2ccccc2C[C@@H]1N(C)c1ccc2c(c1)C(=O)N(C1CCC(=O)NC1=O)C2=O. The Morgan fingerprint density at radius 1 is 1.03 bits per heavy atom. The predicted octanol–water partition coefficient (Wildman–Crippen LogP) is 1.41. The molecule has 2 aromatic rings. The minimum absolute atomic E-state index is 0.103. The van der Waals surface area contributed by atoms with E-state index in [1.165, 1.54) is 11.1 Å². The Morgan fingerprint density at radius 3 is 2.53 bits per heavy atom. The van der Waals surface area contributed by atoms with Gasteiger partial charge in [-0.25, -0.2) is 0 Å². The fourth-order valence-electron chi connectivity index (χ4n) is 5.15. The van der Waals surface area contributed by atoms with Gasteiger partial charge in [0.2, 0.25) is 11.8 Å². The van der Waals surface area contributed by atoms with Gasteiger partial charge in [0.05, 0.1) is 23.2 Å². The molecule has 0 radical (unpaired) electrons. The van der Waals surface area contributed by atoms with Crippen LogP contribution < -0.4 is 15.5 Å². The molecule has 2 heterocycles. The molecule has 2 aromatic carbocycles. The summed E-state index contributed by atoms with van der Waals surface area (Å²) in [6.07, 6.45) is 1.11. The third-order valence-corrected chi connectivity index (χ3v) is 6.84. The molecule has 3 aliphatic rings. The Bertz CT molecular complexity index is 1160. The van der Waals surface area contributed by atoms with Gasteiger partial charge in [-0.2, -0.15) is 0 Å². The number of piperidine rings is 1. The number of hydrogen-bond acceptors (Lipinski definition) is 6. The summed E-state index contributed by atoms with van der Waals surface area (Å²) < 4.78 is 0. The van der Waals surface area contributed by atoms with Crippen LogP contribution in [0.3, 0.4) is 0 Å². The van der Waals surface area contributed by atoms with Gasteiger partial charge in [-0.15, -0.1) is 0 Å². The molecule has 8 heteroatoms. The number of carbonyl (C=O) groups is 4. The highest BCUT2D eigenvalue weighted by atomic mass is 16.2. The molecule has 0 bridgehead atoms. The smallest absolute Gasteiger partial charge is 0.262 e. The van der Waals surface area contributed by atoms with Crippen LogP contribution in [0.15, 0.2) is 42.5 Å². The summed E-state index contributed by atoms with van der Waals surface area (Å²) in [5.74, 6) is -1.97. The van der Waals surface area contributed by atoms with Crippen LogP contribution in [0, 0.1) is 0 Å². The van der Waals surface area contributed by atoms with Crippen molar-refractivity contribution in [2.75, 3.05) is 19.0 Å². The van der Waals surface area contributed by atoms with E-state index in [9.17, 15) is 19.2 Å². The van der Waals surface area contributed by atoms with Crippen LogP contribution in [-0.4, -0.2) is 54.7 Å². The number of nitrogens with zero attached hydrogens (tertiary/aromatic N) is 2. The van der Waals surface area contributed by atoms with Gasteiger partial charge in [-0.05, 0) is 49.2 Å². The third kappa shape index (κ3) is 3.02. The lowest BCUT2D eigenvalue weighted by molar-refractivity contribution is -0.136. The van der Waals surface area contributed by atoms with E-state index in [2.05, 4.69) is 27.7 Å². The van der Waals surface area contributed by atoms with Gasteiger partial charge in [0.1, 0.15) is 6.04 Å². The number of nitrogens with one attached hydrogen (secondary N) is 2. The van der Waals surface area contributed by atoms with E-state index in [-0.39, 0.29) is 36.4 Å². The Labute approximate surface area is 185 Å². The lowest BCUT2D eigenvalue weighted by Gasteiger charge is -2.32. The van der Waals surface area contributed by atoms with Crippen LogP contribution in [0.1, 0.15) is 50.7 Å². The second-order valence-electron chi connectivity index (χ2n) is 8.52. The molecule has 3 atom stereocenters. The molecule has 8 nitrogen and oxygen atoms in total. The number of imide groups is 2. The molecule has 2 N–H and O–H groups in total. The van der Waals surface area contributed by atoms with Crippen molar-refractivity contribution >= 4 is 29.3 Å². The lowest BCUT2D eigenvalue weighted by Crippen LogP contribution is -2.54. The number of rotatable bonds is 4. The molecular weight excluding hydrogens is 408 g/mol. The monoisotopic (exact) mass is 432 g/mol. The second-order valence-corrected chi connectivity index (χ2v) is 8.52. The fourth-order valence-corrected chi connectivity index (χ4v) is 5.15. The van der Waals surface area contributed by atoms with Crippen LogP contribution in [0.5, 0.6) is 0 Å². The number of fused-ring (bicyclic) bond motifs is 2. The summed E-state index contributed by atoms with van der Waals surface area (Å²) in [6.45, 7) is 0. The van der Waals surface area contributed by atoms with Crippen LogP contribution in [0.25, 0.3) is 0 Å². The van der Waals surface area contributed by atoms with Gasteiger partial charge >= 0.3 is 0 Å². The molecule has 164 valence electrons. The maximum absolute atomic E-state index is 13.1. The Morgan fingerprint density at radius 2 is 1.78 bits per heavy atom. The first-order chi connectivity index (χ1) is 15.4. The quantitative estimate of drug-likeness (QED) is 0.709. The van der Waals surface area contributed by atoms with Crippen molar-refractivity contribution in [3.63, 3.8) is 0 Å². The summed E-state index contributed by atoms with van der Waals surface area (Å²) in [5.41, 5.74) is 3.97. The minimum atomic E-state index is -0.959. The molecule has 0 spiro atoms. The molecule has 5 rings (SSSR count). The number of benzene rings is 2. The summed E-state index contributed by atoms with van der Waals surface area (Å²) in [6, 6.07) is 12.9. The van der Waals surface area contributed by atoms with Gasteiger partial charge in [0, 0.05) is 19.2 Å². The average Bonchev–Trinajstić information content (AvgIpc) is 3.28. The first-order valence-electron chi connectivity index (χ1n) is 10.7. The first kappa shape index (κ1) is 20.4. The summed E-state index contributed by atoms with van der Waals surface area (Å²) >= 11 is 0. The third-order valence-electron chi connectivity index (χ3n) is 6.84. The number of anilines is 1. The van der Waals surface area contributed by atoms with Crippen LogP contribution in [0.2, 0.25) is 0 Å². The van der Waals surface area contributed by atoms with Crippen LogP contribution in [0.4, 0.5) is 5.69 Å². The highest BCUT2D eigenvalue weighted by Crippen LogP contribution is 2.37. The largest absolute Gasteiger partial charge is 0.369 e. The zero-order chi connectivity index (χ0) is 22.6. The van der Waals surface area contributed by atoms with Crippen molar-refractivity contribution in [1.82, 2.24) is 15.5 Å². The topological polar surface area (TPSA) is 98.8 Å². The first-order valence-corrected chi connectivity index (χ1v) is 10.7. The number of amides is 4. The molecule has 1 unspecified atom stereocenters. The van der Waals surface area contributed by atoms with E-state index in [1.807, 2.05) is 32.3 Å². The predicted molar refractivity (Wildman–Crippen MR) is 117 cm³/mol. The van der Waals surface area contributed by atoms with Crippen molar-refractivity contribution in [3.8, 4) is 0 Å². The molecule has 32 heavy (non-hydrogen) atoms. The molecule has 4 amide bonds. The highest BCUT2D eigenvalue weighted by molar-refractivity contribution is 6.23. The van der Waals surface area contributed by atoms with E-state index in [1.54, 1.807) is 12.1 Å². The summed E-state index contributed by atoms with van der Waals surface area (Å²) in [4.78, 5) is 52.9. The zero-order valence-electron chi connectivity index (χ0n) is 17.9. The van der Waals surface area contributed by atoms with Crippen molar-refractivity contribution in [2.24, 2.45) is 0 Å². The Balaban J connectivity index is 1.43. The molecule has 0 aromatic heterocycles.